The van der Waals surface area contributed by atoms with Crippen molar-refractivity contribution in [1.82, 2.24) is 0 Å². The number of ketones is 2. The number of hydrogen-bond acceptors (Lipinski definition) is 20. The van der Waals surface area contributed by atoms with Crippen molar-refractivity contribution in [3.63, 3.8) is 0 Å². The first-order valence-electron chi connectivity index (χ1n) is 29.9. The van der Waals surface area contributed by atoms with Crippen LogP contribution in [0.2, 0.25) is 0 Å². The number of pyridine rings is 1. The molecule has 97 heavy (non-hydrogen) atoms. The second-order valence-electron chi connectivity index (χ2n) is 22.4. The maximum Gasteiger partial charge on any atom is 0.340 e. The largest absolute Gasteiger partial charge is 0.508 e. The molecule has 482 valence electrons. The number of phenols is 3. The number of thioether (sulfide) groups is 1. The zero-order valence-electron chi connectivity index (χ0n) is 51.0. The summed E-state index contributed by atoms with van der Waals surface area (Å²) in [5, 5.41) is 52.2. The number of nitrogens with zero attached hydrogens (tertiary/aromatic N) is 5. The summed E-state index contributed by atoms with van der Waals surface area (Å²) >= 11 is 5.77. The Kier molecular flexibility index (Phi) is 17.9. The highest BCUT2D eigenvalue weighted by molar-refractivity contribution is 7.99. The standard InChI is InChI=1S/C30H23NO10S.C21H18N6.C21H11NO5S/c32-16-2-5-19-24(12-16)40-25-13-17(33)3-6-20(25)28(19)18-4-1-15(11-21(18)30(38)39)31-26(36)14-42-10-9-27(37)41-29-22(34)7-8-23(29)35;1-2-27-20-11-15(23)7-9-18(20)17-10-8-16(25-26-24)12-19(17)21(27)13-3-5-14(22)6-4-13;23-12-2-5-16-18(8-12)26-19-9-13(24)3-6-17(19)21(16)15-4-1-11(22-10-28)7-14(15)20(25)27-21/h1-6,11-13,29,32H,7-10,14H2,(H,31,36)(H,38,39);3-12H,2H2,1H3,(H3,22,23);1-9,23-24H/p+1. The van der Waals surface area contributed by atoms with Gasteiger partial charge in [0.05, 0.1) is 44.9 Å². The number of hydrogen-bond donors (Lipinski definition) is 7. The molecule has 9 aromatic rings. The third kappa shape index (κ3) is 12.8. The van der Waals surface area contributed by atoms with Gasteiger partial charge in [-0.15, -0.1) is 0 Å². The number of phenolic OH excluding ortho intramolecular Hbond substituents is 3. The molecule has 2 aliphatic carbocycles. The van der Waals surface area contributed by atoms with Crippen LogP contribution in [0.4, 0.5) is 28.4 Å². The van der Waals surface area contributed by atoms with Crippen LogP contribution in [-0.4, -0.2) is 78.6 Å². The molecule has 9 N–H and O–H groups in total. The number of ether oxygens (including phenoxy) is 3. The van der Waals surface area contributed by atoms with Gasteiger partial charge in [0.1, 0.15) is 46.6 Å². The van der Waals surface area contributed by atoms with Crippen LogP contribution in [-0.2, 0) is 40.8 Å². The summed E-state index contributed by atoms with van der Waals surface area (Å²) in [4.78, 5) is 91.6. The van der Waals surface area contributed by atoms with Crippen molar-refractivity contribution in [3.8, 4) is 62.5 Å². The van der Waals surface area contributed by atoms with Crippen molar-refractivity contribution in [2.24, 2.45) is 10.1 Å². The molecule has 0 saturated heterocycles. The van der Waals surface area contributed by atoms with Crippen molar-refractivity contribution in [1.29, 1.82) is 0 Å². The molecule has 23 nitrogen and oxygen atoms in total. The van der Waals surface area contributed by atoms with Crippen LogP contribution in [0.15, 0.2) is 189 Å². The third-order valence-electron chi connectivity index (χ3n) is 16.3. The number of thiocarbonyl (C=S) groups is 1. The molecular formula is C72H53N8O15S2+. The van der Waals surface area contributed by atoms with E-state index in [-0.39, 0.29) is 76.0 Å². The fourth-order valence-corrected chi connectivity index (χ4v) is 13.0. The fourth-order valence-electron chi connectivity index (χ4n) is 12.1. The van der Waals surface area contributed by atoms with Gasteiger partial charge in [-0.3, -0.25) is 24.0 Å². The number of aliphatic imine (C=N–C) groups is 1. The molecule has 5 aliphatic rings. The average Bonchev–Trinajstić information content (AvgIpc) is 1.60. The van der Waals surface area contributed by atoms with E-state index < -0.39 is 47.1 Å². The monoisotopic (exact) mass is 1330 g/mol. The van der Waals surface area contributed by atoms with Crippen LogP contribution in [0.1, 0.15) is 63.6 Å². The lowest BCUT2D eigenvalue weighted by atomic mass is 9.77. The smallest absolute Gasteiger partial charge is 0.340 e. The van der Waals surface area contributed by atoms with Crippen LogP contribution < -0.4 is 31.5 Å². The summed E-state index contributed by atoms with van der Waals surface area (Å²) in [6.07, 6.45) is -1.28. The fraction of sp³-hybridized carbons (Fsp3) is 0.125. The summed E-state index contributed by atoms with van der Waals surface area (Å²) in [7, 11) is 0. The first kappa shape index (κ1) is 64.7. The molecule has 1 aromatic heterocycles. The summed E-state index contributed by atoms with van der Waals surface area (Å²) < 4.78 is 24.8. The predicted molar refractivity (Wildman–Crippen MR) is 366 cm³/mol. The topological polar surface area (TPSA) is 370 Å². The number of carboxylic acid groups (broad SMARTS) is 1. The number of aromatic hydroxyl groups is 3. The van der Waals surface area contributed by atoms with Gasteiger partial charge in [-0.25, -0.2) is 9.59 Å². The van der Waals surface area contributed by atoms with E-state index in [2.05, 4.69) is 49.2 Å². The number of fused-ring (bicyclic) bond motifs is 11. The van der Waals surface area contributed by atoms with E-state index in [1.54, 1.807) is 54.6 Å². The Morgan fingerprint density at radius 2 is 1.37 bits per heavy atom. The number of nitrogens with one attached hydrogen (secondary N) is 1. The number of anilines is 3. The molecule has 14 rings (SSSR count). The van der Waals surface area contributed by atoms with E-state index in [4.69, 9.17) is 35.6 Å². The van der Waals surface area contributed by atoms with Crippen LogP contribution in [0.25, 0.3) is 76.8 Å². The lowest BCUT2D eigenvalue weighted by molar-refractivity contribution is -0.655. The first-order chi connectivity index (χ1) is 46.7. The highest BCUT2D eigenvalue weighted by atomic mass is 32.2. The predicted octanol–water partition coefficient (Wildman–Crippen LogP) is 13.3. The molecule has 0 bridgehead atoms. The third-order valence-corrected chi connectivity index (χ3v) is 17.4. The molecule has 8 aromatic carbocycles. The van der Waals surface area contributed by atoms with Gasteiger partial charge < -0.3 is 55.8 Å². The minimum Gasteiger partial charge on any atom is -0.508 e. The number of benzene rings is 9. The highest BCUT2D eigenvalue weighted by Gasteiger charge is 2.54. The van der Waals surface area contributed by atoms with Crippen molar-refractivity contribution >= 4 is 126 Å². The summed E-state index contributed by atoms with van der Waals surface area (Å²) in [6, 6.07) is 46.8. The molecule has 0 radical (unpaired) electrons. The van der Waals surface area contributed by atoms with Crippen molar-refractivity contribution in [2.45, 2.75) is 44.4 Å². The second-order valence-corrected chi connectivity index (χ2v) is 23.7. The zero-order chi connectivity index (χ0) is 68.4. The van der Waals surface area contributed by atoms with Crippen molar-refractivity contribution < 1.29 is 72.4 Å². The Morgan fingerprint density at radius 1 is 0.722 bits per heavy atom. The van der Waals surface area contributed by atoms with E-state index in [1.165, 1.54) is 54.6 Å². The molecule has 1 spiro atoms. The number of amides is 1. The minimum absolute atomic E-state index is 0.00715. The van der Waals surface area contributed by atoms with Gasteiger partial charge in [-0.05, 0) is 145 Å². The minimum atomic E-state index is -1.32. The highest BCUT2D eigenvalue weighted by Crippen LogP contribution is 2.57. The Labute approximate surface area is 558 Å². The molecule has 1 fully saturated rings. The molecule has 1 amide bonds. The summed E-state index contributed by atoms with van der Waals surface area (Å²) in [5.74, 6) is -2.74. The van der Waals surface area contributed by atoms with Gasteiger partial charge in [0.25, 0.3) is 0 Å². The molecule has 3 aliphatic heterocycles. The number of isothiocyanates is 1. The number of Topliss-reactive ketones (excluding diaryl/α,β-unsaturated/α-hetero) is 2. The molecule has 0 unspecified atom stereocenters. The number of esters is 2. The van der Waals surface area contributed by atoms with E-state index >= 15 is 0 Å². The lowest BCUT2D eigenvalue weighted by Gasteiger charge is -2.36. The molecule has 0 atom stereocenters. The average molecular weight is 1330 g/mol. The maximum atomic E-state index is 12.8. The van der Waals surface area contributed by atoms with Gasteiger partial charge in [-0.2, -0.15) is 21.3 Å². The summed E-state index contributed by atoms with van der Waals surface area (Å²) in [6.45, 7) is 2.87. The summed E-state index contributed by atoms with van der Waals surface area (Å²) in [5.41, 5.74) is 28.6. The number of azide groups is 1. The Balaban J connectivity index is 0.000000144. The van der Waals surface area contributed by atoms with Crippen LogP contribution in [0.3, 0.4) is 0 Å². The maximum absolute atomic E-state index is 12.8. The van der Waals surface area contributed by atoms with Crippen LogP contribution in [0.5, 0.6) is 28.7 Å². The Bertz CT molecular complexity index is 5210. The SMILES string of the molecule is CC[n+]1c(-c2ccc(N)cc2)c2cc(N=[N+]=[N-])ccc2c2ccc(N)cc21.O=C(CSCCC(=O)OC1C(=O)CCC1=O)Nc1ccc(-c2c3ccc(=O)cc-3oc3cc(O)ccc23)c(C(=O)O)c1.O=C1OC2(c3ccc(O)cc3Oc3cc(O)ccc32)c2ccc(N=C=S)cc21. The van der Waals surface area contributed by atoms with E-state index in [0.29, 0.717) is 72.9 Å². The Morgan fingerprint density at radius 3 is 2.06 bits per heavy atom. The number of nitrogens with two attached hydrogens (primary N) is 2. The first-order valence-corrected chi connectivity index (χ1v) is 31.4. The number of aryl methyl sites for hydroxylation is 1. The lowest BCUT2D eigenvalue weighted by Crippen LogP contribution is -2.36. The number of aromatic nitrogens is 1. The van der Waals surface area contributed by atoms with Gasteiger partial charge in [0.15, 0.2) is 22.6 Å². The quantitative estimate of drug-likeness (QED) is 0.00458. The van der Waals surface area contributed by atoms with Gasteiger partial charge in [0, 0.05) is 121 Å². The number of carboxylic acids is 1. The Hall–Kier alpha value is -12.4. The van der Waals surface area contributed by atoms with E-state index in [9.17, 15) is 54.0 Å². The number of carbonyl (C=O) groups excluding carboxylic acids is 5. The number of aromatic carboxylic acids is 1. The molecular weight excluding hydrogens is 1280 g/mol. The molecule has 4 heterocycles. The second kappa shape index (κ2) is 26.9. The normalized spacial score (nSPS) is 13.2. The molecule has 1 saturated carbocycles. The van der Waals surface area contributed by atoms with Crippen LogP contribution >= 0.6 is 24.0 Å². The van der Waals surface area contributed by atoms with Gasteiger partial charge >= 0.3 is 17.9 Å². The molecule has 25 heteroatoms. The number of nitrogen functional groups attached to an aromatic ring is 2. The van der Waals surface area contributed by atoms with E-state index in [1.807, 2.05) is 60.7 Å². The van der Waals surface area contributed by atoms with Crippen molar-refractivity contribution in [3.05, 3.63) is 218 Å². The number of carbonyl (C=O) groups is 6. The zero-order valence-corrected chi connectivity index (χ0v) is 52.6. The van der Waals surface area contributed by atoms with Gasteiger partial charge in [0.2, 0.25) is 23.2 Å². The van der Waals surface area contributed by atoms with Crippen molar-refractivity contribution in [2.75, 3.05) is 28.3 Å². The van der Waals surface area contributed by atoms with E-state index in [0.717, 1.165) is 56.9 Å². The van der Waals surface area contributed by atoms with Crippen LogP contribution in [0, 0.1) is 0 Å². The number of rotatable bonds is 13. The van der Waals surface area contributed by atoms with Gasteiger partial charge in [-0.1, -0.05) is 29.4 Å².